The monoisotopic (exact) mass is 263 g/mol. The molecule has 0 amide bonds. The van der Waals surface area contributed by atoms with E-state index >= 15 is 0 Å². The first-order valence-corrected chi connectivity index (χ1v) is 8.47. The third kappa shape index (κ3) is 5.30. The van der Waals surface area contributed by atoms with Crippen molar-refractivity contribution in [1.82, 2.24) is 5.32 Å². The molecule has 0 aliphatic carbocycles. The summed E-state index contributed by atoms with van der Waals surface area (Å²) in [6, 6.07) is 0.671. The van der Waals surface area contributed by atoms with E-state index in [4.69, 9.17) is 5.11 Å². The first-order chi connectivity index (χ1) is 7.67. The Kier molecular flexibility index (Phi) is 7.20. The van der Waals surface area contributed by atoms with Crippen LogP contribution in [0.15, 0.2) is 0 Å². The van der Waals surface area contributed by atoms with E-state index < -0.39 is 0 Å². The maximum Gasteiger partial charge on any atom is 0.0438 e. The molecule has 0 saturated carbocycles. The van der Waals surface area contributed by atoms with Gasteiger partial charge in [0.2, 0.25) is 0 Å². The van der Waals surface area contributed by atoms with E-state index in [0.29, 0.717) is 18.1 Å². The summed E-state index contributed by atoms with van der Waals surface area (Å²) >= 11 is 4.01. The second kappa shape index (κ2) is 7.85. The third-order valence-electron chi connectivity index (χ3n) is 3.20. The van der Waals surface area contributed by atoms with E-state index in [-0.39, 0.29) is 0 Å². The smallest absolute Gasteiger partial charge is 0.0438 e. The van der Waals surface area contributed by atoms with E-state index in [9.17, 15) is 0 Å². The molecule has 1 aliphatic heterocycles. The highest BCUT2D eigenvalue weighted by molar-refractivity contribution is 7.99. The lowest BCUT2D eigenvalue weighted by molar-refractivity contribution is 0.250. The molecular weight excluding hydrogens is 238 g/mol. The van der Waals surface area contributed by atoms with E-state index in [1.165, 1.54) is 17.9 Å². The SMILES string of the molecule is CC1(C)CCSCC1NCCSCCCO. The Bertz CT molecular complexity index is 188. The van der Waals surface area contributed by atoms with E-state index in [1.807, 2.05) is 11.8 Å². The van der Waals surface area contributed by atoms with Crippen LogP contribution in [0.1, 0.15) is 26.7 Å². The van der Waals surface area contributed by atoms with Crippen LogP contribution in [0.25, 0.3) is 0 Å². The molecule has 1 aliphatic rings. The summed E-state index contributed by atoms with van der Waals surface area (Å²) in [6.07, 6.45) is 2.25. The molecule has 0 spiro atoms. The summed E-state index contributed by atoms with van der Waals surface area (Å²) in [5.41, 5.74) is 0.459. The fourth-order valence-corrected chi connectivity index (χ4v) is 4.29. The van der Waals surface area contributed by atoms with E-state index in [1.54, 1.807) is 0 Å². The van der Waals surface area contributed by atoms with Crippen molar-refractivity contribution in [2.24, 2.45) is 5.41 Å². The zero-order chi connectivity index (χ0) is 11.9. The number of hydrogen-bond acceptors (Lipinski definition) is 4. The molecule has 4 heteroatoms. The van der Waals surface area contributed by atoms with Crippen LogP contribution in [0.3, 0.4) is 0 Å². The number of aliphatic hydroxyl groups excluding tert-OH is 1. The second-order valence-corrected chi connectivity index (χ2v) is 7.38. The van der Waals surface area contributed by atoms with Gasteiger partial charge in [-0.3, -0.25) is 0 Å². The van der Waals surface area contributed by atoms with Crippen molar-refractivity contribution in [1.29, 1.82) is 0 Å². The Morgan fingerprint density at radius 3 is 2.94 bits per heavy atom. The molecule has 96 valence electrons. The summed E-state index contributed by atoms with van der Waals surface area (Å²) in [7, 11) is 0. The molecule has 16 heavy (non-hydrogen) atoms. The largest absolute Gasteiger partial charge is 0.396 e. The average molecular weight is 263 g/mol. The molecule has 1 atom stereocenters. The average Bonchev–Trinajstić information content (AvgIpc) is 2.25. The fraction of sp³-hybridized carbons (Fsp3) is 1.00. The summed E-state index contributed by atoms with van der Waals surface area (Å²) in [5, 5.41) is 12.3. The Labute approximate surface area is 108 Å². The van der Waals surface area contributed by atoms with Crippen LogP contribution in [0.4, 0.5) is 0 Å². The van der Waals surface area contributed by atoms with Gasteiger partial charge in [0.05, 0.1) is 0 Å². The standard InChI is InChI=1S/C12H25NOS2/c1-12(2)4-8-16-10-11(12)13-5-9-15-7-3-6-14/h11,13-14H,3-10H2,1-2H3. The quantitative estimate of drug-likeness (QED) is 0.690. The Morgan fingerprint density at radius 2 is 2.25 bits per heavy atom. The number of rotatable bonds is 7. The first-order valence-electron chi connectivity index (χ1n) is 6.16. The predicted molar refractivity (Wildman–Crippen MR) is 76.5 cm³/mol. The Balaban J connectivity index is 2.07. The molecule has 0 bridgehead atoms. The minimum Gasteiger partial charge on any atom is -0.396 e. The van der Waals surface area contributed by atoms with Crippen LogP contribution in [-0.4, -0.2) is 47.3 Å². The van der Waals surface area contributed by atoms with Gasteiger partial charge < -0.3 is 10.4 Å². The number of hydrogen-bond donors (Lipinski definition) is 2. The number of thioether (sulfide) groups is 2. The summed E-state index contributed by atoms with van der Waals surface area (Å²) < 4.78 is 0. The molecule has 1 fully saturated rings. The topological polar surface area (TPSA) is 32.3 Å². The molecule has 0 radical (unpaired) electrons. The molecule has 1 unspecified atom stereocenters. The predicted octanol–water partition coefficient (Wildman–Crippen LogP) is 2.22. The third-order valence-corrected chi connectivity index (χ3v) is 5.33. The van der Waals surface area contributed by atoms with Crippen LogP contribution >= 0.6 is 23.5 Å². The van der Waals surface area contributed by atoms with Crippen LogP contribution in [-0.2, 0) is 0 Å². The molecule has 1 heterocycles. The van der Waals surface area contributed by atoms with Gasteiger partial charge in [-0.25, -0.2) is 0 Å². The Hall–Kier alpha value is 0.620. The van der Waals surface area contributed by atoms with E-state index in [0.717, 1.165) is 24.5 Å². The zero-order valence-corrected chi connectivity index (χ0v) is 12.1. The maximum atomic E-state index is 8.66. The van der Waals surface area contributed by atoms with Crippen molar-refractivity contribution in [2.45, 2.75) is 32.7 Å². The molecule has 0 aromatic rings. The summed E-state index contributed by atoms with van der Waals surface area (Å²) in [4.78, 5) is 0. The lowest BCUT2D eigenvalue weighted by Crippen LogP contribution is -2.47. The molecule has 0 aromatic heterocycles. The summed E-state index contributed by atoms with van der Waals surface area (Å²) in [5.74, 6) is 4.82. The van der Waals surface area contributed by atoms with Gasteiger partial charge in [0, 0.05) is 30.7 Å². The van der Waals surface area contributed by atoms with Gasteiger partial charge in [-0.05, 0) is 29.8 Å². The lowest BCUT2D eigenvalue weighted by Gasteiger charge is -2.38. The molecule has 2 N–H and O–H groups in total. The van der Waals surface area contributed by atoms with Crippen molar-refractivity contribution in [3.8, 4) is 0 Å². The lowest BCUT2D eigenvalue weighted by atomic mass is 9.82. The second-order valence-electron chi connectivity index (χ2n) is 5.01. The van der Waals surface area contributed by atoms with Gasteiger partial charge in [0.15, 0.2) is 0 Å². The van der Waals surface area contributed by atoms with Crippen molar-refractivity contribution >= 4 is 23.5 Å². The highest BCUT2D eigenvalue weighted by atomic mass is 32.2. The van der Waals surface area contributed by atoms with Crippen molar-refractivity contribution < 1.29 is 5.11 Å². The first kappa shape index (κ1) is 14.7. The highest BCUT2D eigenvalue weighted by Crippen LogP contribution is 2.33. The highest BCUT2D eigenvalue weighted by Gasteiger charge is 2.31. The number of aliphatic hydroxyl groups is 1. The Morgan fingerprint density at radius 1 is 1.44 bits per heavy atom. The molecule has 0 aromatic carbocycles. The zero-order valence-electron chi connectivity index (χ0n) is 10.5. The van der Waals surface area contributed by atoms with Gasteiger partial charge in [0.25, 0.3) is 0 Å². The molecular formula is C12H25NOS2. The minimum absolute atomic E-state index is 0.326. The van der Waals surface area contributed by atoms with Gasteiger partial charge in [-0.1, -0.05) is 13.8 Å². The van der Waals surface area contributed by atoms with Crippen molar-refractivity contribution in [2.75, 3.05) is 36.2 Å². The fourth-order valence-electron chi connectivity index (χ4n) is 1.85. The number of nitrogens with one attached hydrogen (secondary N) is 1. The van der Waals surface area contributed by atoms with Crippen molar-refractivity contribution in [3.05, 3.63) is 0 Å². The molecule has 1 saturated heterocycles. The van der Waals surface area contributed by atoms with Gasteiger partial charge in [0.1, 0.15) is 0 Å². The van der Waals surface area contributed by atoms with Crippen LogP contribution in [0.5, 0.6) is 0 Å². The van der Waals surface area contributed by atoms with Gasteiger partial charge in [-0.15, -0.1) is 0 Å². The minimum atomic E-state index is 0.326. The van der Waals surface area contributed by atoms with Gasteiger partial charge in [-0.2, -0.15) is 23.5 Å². The van der Waals surface area contributed by atoms with Gasteiger partial charge >= 0.3 is 0 Å². The normalized spacial score (nSPS) is 24.6. The van der Waals surface area contributed by atoms with Crippen LogP contribution in [0.2, 0.25) is 0 Å². The van der Waals surface area contributed by atoms with Crippen molar-refractivity contribution in [3.63, 3.8) is 0 Å². The van der Waals surface area contributed by atoms with Crippen LogP contribution < -0.4 is 5.32 Å². The molecule has 2 nitrogen and oxygen atoms in total. The maximum absolute atomic E-state index is 8.66. The molecule has 1 rings (SSSR count). The summed E-state index contributed by atoms with van der Waals surface area (Å²) in [6.45, 7) is 6.18. The van der Waals surface area contributed by atoms with E-state index in [2.05, 4.69) is 30.9 Å². The van der Waals surface area contributed by atoms with Crippen LogP contribution in [0, 0.1) is 5.41 Å².